The van der Waals surface area contributed by atoms with Crippen molar-refractivity contribution < 1.29 is 5.11 Å². The lowest BCUT2D eigenvalue weighted by molar-refractivity contribution is 0.178. The smallest absolute Gasteiger partial charge is 0.180 e. The third-order valence-corrected chi connectivity index (χ3v) is 2.42. The Hall–Kier alpha value is -1.53. The van der Waals surface area contributed by atoms with Gasteiger partial charge in [-0.25, -0.2) is 15.0 Å². The minimum Gasteiger partial charge on any atom is -0.393 e. The van der Waals surface area contributed by atoms with Gasteiger partial charge in [0.1, 0.15) is 11.3 Å². The molecule has 0 fully saturated rings. The Morgan fingerprint density at radius 2 is 2.25 bits per heavy atom. The van der Waals surface area contributed by atoms with Gasteiger partial charge < -0.3 is 15.8 Å². The van der Waals surface area contributed by atoms with Gasteiger partial charge in [0.2, 0.25) is 0 Å². The molecule has 16 heavy (non-hydrogen) atoms. The zero-order chi connectivity index (χ0) is 11.5. The third kappa shape index (κ3) is 2.34. The van der Waals surface area contributed by atoms with Crippen LogP contribution in [0.1, 0.15) is 31.6 Å². The Bertz CT molecular complexity index is 467. The Kier molecular flexibility index (Phi) is 3.12. The summed E-state index contributed by atoms with van der Waals surface area (Å²) >= 11 is 0. The number of aliphatic hydroxyl groups is 1. The number of hydrogen-bond acceptors (Lipinski definition) is 5. The summed E-state index contributed by atoms with van der Waals surface area (Å²) in [5.41, 5.74) is 7.35. The zero-order valence-electron chi connectivity index (χ0n) is 9.09. The quantitative estimate of drug-likeness (QED) is 0.698. The molecule has 0 amide bonds. The second-order valence-corrected chi connectivity index (χ2v) is 3.90. The molecule has 0 saturated heterocycles. The average Bonchev–Trinajstić information content (AvgIpc) is 2.72. The van der Waals surface area contributed by atoms with Gasteiger partial charge in [0, 0.05) is 0 Å². The molecule has 2 unspecified atom stereocenters. The molecule has 2 aromatic rings. The summed E-state index contributed by atoms with van der Waals surface area (Å²) in [4.78, 5) is 15.4. The van der Waals surface area contributed by atoms with E-state index in [4.69, 9.17) is 5.73 Å². The molecule has 2 aromatic heterocycles. The minimum atomic E-state index is -0.347. The normalized spacial score (nSPS) is 15.2. The van der Waals surface area contributed by atoms with Gasteiger partial charge in [-0.05, 0) is 19.8 Å². The lowest BCUT2D eigenvalue weighted by Crippen LogP contribution is -2.16. The Balaban J connectivity index is 2.12. The Labute approximate surface area is 92.9 Å². The Morgan fingerprint density at radius 1 is 1.44 bits per heavy atom. The van der Waals surface area contributed by atoms with Crippen molar-refractivity contribution in [2.75, 3.05) is 0 Å². The maximum absolute atomic E-state index is 9.17. The molecule has 2 heterocycles. The summed E-state index contributed by atoms with van der Waals surface area (Å²) in [6, 6.07) is -0.254. The first-order valence-electron chi connectivity index (χ1n) is 5.26. The molecule has 0 aliphatic rings. The monoisotopic (exact) mass is 221 g/mol. The highest BCUT2D eigenvalue weighted by molar-refractivity contribution is 5.68. The molecule has 0 aromatic carbocycles. The number of H-pyrrole nitrogens is 1. The van der Waals surface area contributed by atoms with Gasteiger partial charge >= 0.3 is 0 Å². The Morgan fingerprint density at radius 3 is 3.00 bits per heavy atom. The van der Waals surface area contributed by atoms with Crippen LogP contribution >= 0.6 is 0 Å². The highest BCUT2D eigenvalue weighted by atomic mass is 16.3. The van der Waals surface area contributed by atoms with Gasteiger partial charge in [0.05, 0.1) is 24.7 Å². The molecule has 0 aliphatic carbocycles. The summed E-state index contributed by atoms with van der Waals surface area (Å²) in [6.45, 7) is 1.74. The molecule has 2 rings (SSSR count). The molecule has 0 saturated carbocycles. The van der Waals surface area contributed by atoms with Gasteiger partial charge in [-0.15, -0.1) is 0 Å². The number of nitrogens with one attached hydrogen (secondary N) is 1. The van der Waals surface area contributed by atoms with E-state index in [0.717, 1.165) is 5.52 Å². The molecule has 0 bridgehead atoms. The van der Waals surface area contributed by atoms with Crippen LogP contribution in [0.25, 0.3) is 11.2 Å². The number of aromatic amines is 1. The van der Waals surface area contributed by atoms with Crippen LogP contribution in [-0.4, -0.2) is 31.1 Å². The van der Waals surface area contributed by atoms with Crippen molar-refractivity contribution in [2.24, 2.45) is 5.73 Å². The van der Waals surface area contributed by atoms with E-state index in [1.807, 2.05) is 0 Å². The van der Waals surface area contributed by atoms with Crippen molar-refractivity contribution >= 4 is 11.2 Å². The summed E-state index contributed by atoms with van der Waals surface area (Å²) in [7, 11) is 0. The fraction of sp³-hybridized carbons (Fsp3) is 0.500. The number of imidazole rings is 1. The third-order valence-electron chi connectivity index (χ3n) is 2.42. The summed E-state index contributed by atoms with van der Waals surface area (Å²) in [5.74, 6) is 0.570. The fourth-order valence-electron chi connectivity index (χ4n) is 1.48. The summed E-state index contributed by atoms with van der Waals surface area (Å²) in [6.07, 6.45) is 4.20. The van der Waals surface area contributed by atoms with Crippen molar-refractivity contribution in [3.8, 4) is 0 Å². The maximum atomic E-state index is 9.17. The predicted molar refractivity (Wildman–Crippen MR) is 59.5 cm³/mol. The van der Waals surface area contributed by atoms with Crippen molar-refractivity contribution in [1.82, 2.24) is 19.9 Å². The van der Waals surface area contributed by atoms with Gasteiger partial charge in [0.15, 0.2) is 5.65 Å². The predicted octanol–water partition coefficient (Wildman–Crippen LogP) is 0.514. The number of rotatable bonds is 4. The fourth-order valence-corrected chi connectivity index (χ4v) is 1.48. The topological polar surface area (TPSA) is 101 Å². The molecular formula is C10H15N5O. The number of nitrogens with zero attached hydrogens (tertiary/aromatic N) is 3. The number of nitrogens with two attached hydrogens (primary N) is 1. The van der Waals surface area contributed by atoms with Crippen LogP contribution in [0.4, 0.5) is 0 Å². The summed E-state index contributed by atoms with van der Waals surface area (Å²) < 4.78 is 0. The van der Waals surface area contributed by atoms with E-state index < -0.39 is 0 Å². The first kappa shape index (κ1) is 11.0. The number of aromatic nitrogens is 4. The van der Waals surface area contributed by atoms with E-state index in [1.165, 1.54) is 0 Å². The van der Waals surface area contributed by atoms with E-state index in [9.17, 15) is 5.11 Å². The second-order valence-electron chi connectivity index (χ2n) is 3.90. The van der Waals surface area contributed by atoms with Crippen LogP contribution in [-0.2, 0) is 0 Å². The van der Waals surface area contributed by atoms with E-state index >= 15 is 0 Å². The standard InChI is InChI=1S/C10H15N5O/c1-6(16)2-3-7(11)9-12-4-8-10(15-9)14-5-13-8/h4-7,16H,2-3,11H2,1H3,(H,12,13,14,15). The number of hydrogen-bond donors (Lipinski definition) is 3. The van der Waals surface area contributed by atoms with Gasteiger partial charge in [-0.2, -0.15) is 0 Å². The van der Waals surface area contributed by atoms with E-state index in [1.54, 1.807) is 19.4 Å². The number of aliphatic hydroxyl groups excluding tert-OH is 1. The van der Waals surface area contributed by atoms with Gasteiger partial charge in [-0.3, -0.25) is 0 Å². The highest BCUT2D eigenvalue weighted by Crippen LogP contribution is 2.14. The molecule has 6 heteroatoms. The van der Waals surface area contributed by atoms with E-state index in [2.05, 4.69) is 19.9 Å². The lowest BCUT2D eigenvalue weighted by Gasteiger charge is -2.10. The van der Waals surface area contributed by atoms with E-state index in [0.29, 0.717) is 24.3 Å². The van der Waals surface area contributed by atoms with Crippen LogP contribution < -0.4 is 5.73 Å². The van der Waals surface area contributed by atoms with Crippen molar-refractivity contribution in [2.45, 2.75) is 31.9 Å². The SMILES string of the molecule is CC(O)CCC(N)c1ncc2[nH]cnc2n1. The first-order chi connectivity index (χ1) is 7.66. The minimum absolute atomic E-state index is 0.254. The molecule has 0 radical (unpaired) electrons. The first-order valence-corrected chi connectivity index (χ1v) is 5.26. The molecule has 2 atom stereocenters. The maximum Gasteiger partial charge on any atom is 0.180 e. The molecule has 4 N–H and O–H groups in total. The number of fused-ring (bicyclic) bond motifs is 1. The average molecular weight is 221 g/mol. The van der Waals surface area contributed by atoms with Crippen LogP contribution in [0.2, 0.25) is 0 Å². The molecule has 6 nitrogen and oxygen atoms in total. The lowest BCUT2D eigenvalue weighted by atomic mass is 10.1. The molecular weight excluding hydrogens is 206 g/mol. The largest absolute Gasteiger partial charge is 0.393 e. The molecule has 0 aliphatic heterocycles. The van der Waals surface area contributed by atoms with Crippen molar-refractivity contribution in [1.29, 1.82) is 0 Å². The second kappa shape index (κ2) is 4.54. The molecule has 0 spiro atoms. The van der Waals surface area contributed by atoms with Gasteiger partial charge in [-0.1, -0.05) is 0 Å². The van der Waals surface area contributed by atoms with Crippen molar-refractivity contribution in [3.63, 3.8) is 0 Å². The van der Waals surface area contributed by atoms with Crippen LogP contribution in [0.5, 0.6) is 0 Å². The summed E-state index contributed by atoms with van der Waals surface area (Å²) in [5, 5.41) is 9.17. The van der Waals surface area contributed by atoms with E-state index in [-0.39, 0.29) is 12.1 Å². The molecule has 86 valence electrons. The van der Waals surface area contributed by atoms with Crippen LogP contribution in [0.15, 0.2) is 12.5 Å². The van der Waals surface area contributed by atoms with Crippen LogP contribution in [0, 0.1) is 0 Å². The van der Waals surface area contributed by atoms with Gasteiger partial charge in [0.25, 0.3) is 0 Å². The van der Waals surface area contributed by atoms with Crippen molar-refractivity contribution in [3.05, 3.63) is 18.3 Å². The highest BCUT2D eigenvalue weighted by Gasteiger charge is 2.11. The van der Waals surface area contributed by atoms with Crippen LogP contribution in [0.3, 0.4) is 0 Å². The zero-order valence-corrected chi connectivity index (χ0v) is 9.09.